The number of hydrogen-bond donors (Lipinski definition) is 1. The first-order chi connectivity index (χ1) is 7.13. The summed E-state index contributed by atoms with van der Waals surface area (Å²) < 4.78 is 5.68. The summed E-state index contributed by atoms with van der Waals surface area (Å²) in [5.74, 6) is 1.08. The summed E-state index contributed by atoms with van der Waals surface area (Å²) in [7, 11) is 0. The Labute approximate surface area is 89.6 Å². The Balaban J connectivity index is 1.94. The minimum atomic E-state index is 0.339. The first-order valence-corrected chi connectivity index (χ1v) is 5.44. The SMILES string of the molecule is C[C@@H]1CC(Cn2ncc(N)n2)C[C@H](C)O1. The first-order valence-electron chi connectivity index (χ1n) is 5.44. The van der Waals surface area contributed by atoms with Crippen LogP contribution in [0.15, 0.2) is 6.20 Å². The molecule has 2 rings (SSSR count). The van der Waals surface area contributed by atoms with Gasteiger partial charge in [0.2, 0.25) is 0 Å². The number of ether oxygens (including phenoxy) is 1. The number of rotatable bonds is 2. The molecule has 3 atom stereocenters. The monoisotopic (exact) mass is 210 g/mol. The molecule has 5 heteroatoms. The van der Waals surface area contributed by atoms with E-state index in [-0.39, 0.29) is 0 Å². The van der Waals surface area contributed by atoms with Crippen LogP contribution in [-0.2, 0) is 11.3 Å². The van der Waals surface area contributed by atoms with E-state index in [4.69, 9.17) is 10.5 Å². The van der Waals surface area contributed by atoms with Crippen LogP contribution in [0.25, 0.3) is 0 Å². The predicted molar refractivity (Wildman–Crippen MR) is 57.2 cm³/mol. The molecule has 1 aliphatic rings. The van der Waals surface area contributed by atoms with E-state index in [1.165, 1.54) is 0 Å². The van der Waals surface area contributed by atoms with Gasteiger partial charge in [-0.2, -0.15) is 9.90 Å². The minimum Gasteiger partial charge on any atom is -0.381 e. The fourth-order valence-electron chi connectivity index (χ4n) is 2.32. The average Bonchev–Trinajstić information content (AvgIpc) is 2.49. The molecule has 1 aliphatic heterocycles. The quantitative estimate of drug-likeness (QED) is 0.792. The number of nitrogens with zero attached hydrogens (tertiary/aromatic N) is 3. The van der Waals surface area contributed by atoms with Crippen molar-refractivity contribution in [2.24, 2.45) is 5.92 Å². The maximum Gasteiger partial charge on any atom is 0.165 e. The van der Waals surface area contributed by atoms with E-state index in [2.05, 4.69) is 24.0 Å². The Hall–Kier alpha value is -1.10. The molecule has 1 aromatic rings. The minimum absolute atomic E-state index is 0.339. The van der Waals surface area contributed by atoms with Gasteiger partial charge in [-0.05, 0) is 32.6 Å². The third kappa shape index (κ3) is 2.68. The van der Waals surface area contributed by atoms with Crippen LogP contribution in [0.1, 0.15) is 26.7 Å². The summed E-state index contributed by atoms with van der Waals surface area (Å²) in [6, 6.07) is 0. The first kappa shape index (κ1) is 10.4. The molecule has 1 unspecified atom stereocenters. The van der Waals surface area contributed by atoms with E-state index in [0.717, 1.165) is 19.4 Å². The van der Waals surface area contributed by atoms with Gasteiger partial charge in [0.25, 0.3) is 0 Å². The highest BCUT2D eigenvalue weighted by Crippen LogP contribution is 2.25. The van der Waals surface area contributed by atoms with E-state index < -0.39 is 0 Å². The zero-order valence-corrected chi connectivity index (χ0v) is 9.26. The smallest absolute Gasteiger partial charge is 0.165 e. The summed E-state index contributed by atoms with van der Waals surface area (Å²) in [5, 5.41) is 8.20. The van der Waals surface area contributed by atoms with Crippen LogP contribution < -0.4 is 5.73 Å². The molecule has 2 N–H and O–H groups in total. The van der Waals surface area contributed by atoms with Gasteiger partial charge in [0.05, 0.1) is 24.9 Å². The lowest BCUT2D eigenvalue weighted by molar-refractivity contribution is -0.0560. The van der Waals surface area contributed by atoms with Gasteiger partial charge >= 0.3 is 0 Å². The molecular formula is C10H18N4O. The Bertz CT molecular complexity index is 315. The van der Waals surface area contributed by atoms with Gasteiger partial charge < -0.3 is 10.5 Å². The van der Waals surface area contributed by atoms with Gasteiger partial charge in [0.15, 0.2) is 5.82 Å². The zero-order chi connectivity index (χ0) is 10.8. The van der Waals surface area contributed by atoms with E-state index in [0.29, 0.717) is 23.9 Å². The van der Waals surface area contributed by atoms with Gasteiger partial charge in [-0.3, -0.25) is 0 Å². The molecule has 2 heterocycles. The van der Waals surface area contributed by atoms with Crippen molar-refractivity contribution >= 4 is 5.82 Å². The van der Waals surface area contributed by atoms with E-state index in [1.54, 1.807) is 11.0 Å². The molecule has 1 fully saturated rings. The van der Waals surface area contributed by atoms with Crippen molar-refractivity contribution in [3.8, 4) is 0 Å². The third-order valence-corrected chi connectivity index (χ3v) is 2.77. The van der Waals surface area contributed by atoms with E-state index in [1.807, 2.05) is 0 Å². The van der Waals surface area contributed by atoms with Gasteiger partial charge in [-0.25, -0.2) is 0 Å². The van der Waals surface area contributed by atoms with Crippen LogP contribution in [0.2, 0.25) is 0 Å². The summed E-state index contributed by atoms with van der Waals surface area (Å²) in [6.07, 6.45) is 4.42. The number of nitrogen functional groups attached to an aromatic ring is 1. The number of anilines is 1. The number of hydrogen-bond acceptors (Lipinski definition) is 4. The Morgan fingerprint density at radius 2 is 2.13 bits per heavy atom. The molecule has 0 bridgehead atoms. The van der Waals surface area contributed by atoms with Crippen molar-refractivity contribution in [1.82, 2.24) is 15.0 Å². The Morgan fingerprint density at radius 3 is 2.67 bits per heavy atom. The van der Waals surface area contributed by atoms with Crippen LogP contribution in [0.5, 0.6) is 0 Å². The maximum absolute atomic E-state index is 5.68. The van der Waals surface area contributed by atoms with Gasteiger partial charge in [-0.15, -0.1) is 5.10 Å². The molecule has 0 spiro atoms. The van der Waals surface area contributed by atoms with Crippen molar-refractivity contribution in [1.29, 1.82) is 0 Å². The molecule has 0 aliphatic carbocycles. The molecule has 15 heavy (non-hydrogen) atoms. The molecule has 1 aromatic heterocycles. The maximum atomic E-state index is 5.68. The average molecular weight is 210 g/mol. The van der Waals surface area contributed by atoms with E-state index >= 15 is 0 Å². The van der Waals surface area contributed by atoms with Crippen molar-refractivity contribution in [3.05, 3.63) is 6.20 Å². The molecule has 0 aromatic carbocycles. The van der Waals surface area contributed by atoms with E-state index in [9.17, 15) is 0 Å². The molecule has 0 amide bonds. The lowest BCUT2D eigenvalue weighted by atomic mass is 9.93. The fourth-order valence-corrected chi connectivity index (χ4v) is 2.32. The summed E-state index contributed by atoms with van der Waals surface area (Å²) in [5.41, 5.74) is 5.52. The zero-order valence-electron chi connectivity index (χ0n) is 9.26. The highest BCUT2D eigenvalue weighted by atomic mass is 16.5. The topological polar surface area (TPSA) is 66.0 Å². The second-order valence-electron chi connectivity index (χ2n) is 4.42. The normalized spacial score (nSPS) is 31.7. The number of aromatic nitrogens is 3. The Kier molecular flexibility index (Phi) is 2.90. The fraction of sp³-hybridized carbons (Fsp3) is 0.800. The second-order valence-corrected chi connectivity index (χ2v) is 4.42. The van der Waals surface area contributed by atoms with Crippen molar-refractivity contribution < 1.29 is 4.74 Å². The van der Waals surface area contributed by atoms with Crippen LogP contribution in [0.3, 0.4) is 0 Å². The van der Waals surface area contributed by atoms with Crippen LogP contribution in [-0.4, -0.2) is 27.2 Å². The largest absolute Gasteiger partial charge is 0.381 e. The molecule has 84 valence electrons. The van der Waals surface area contributed by atoms with Gasteiger partial charge in [-0.1, -0.05) is 0 Å². The summed E-state index contributed by atoms with van der Waals surface area (Å²) >= 11 is 0. The van der Waals surface area contributed by atoms with Crippen LogP contribution >= 0.6 is 0 Å². The van der Waals surface area contributed by atoms with Gasteiger partial charge in [0, 0.05) is 0 Å². The molecule has 5 nitrogen and oxygen atoms in total. The number of nitrogens with two attached hydrogens (primary N) is 1. The summed E-state index contributed by atoms with van der Waals surface area (Å²) in [6.45, 7) is 5.08. The molecular weight excluding hydrogens is 192 g/mol. The predicted octanol–water partition coefficient (Wildman–Crippen LogP) is 1.06. The van der Waals surface area contributed by atoms with Crippen molar-refractivity contribution in [3.63, 3.8) is 0 Å². The van der Waals surface area contributed by atoms with Crippen LogP contribution in [0.4, 0.5) is 5.82 Å². The molecule has 0 saturated carbocycles. The highest BCUT2D eigenvalue weighted by molar-refractivity contribution is 5.19. The third-order valence-electron chi connectivity index (χ3n) is 2.77. The second kappa shape index (κ2) is 4.18. The van der Waals surface area contributed by atoms with Crippen molar-refractivity contribution in [2.75, 3.05) is 5.73 Å². The molecule has 0 radical (unpaired) electrons. The summed E-state index contributed by atoms with van der Waals surface area (Å²) in [4.78, 5) is 1.69. The van der Waals surface area contributed by atoms with Crippen LogP contribution in [0, 0.1) is 5.92 Å². The van der Waals surface area contributed by atoms with Gasteiger partial charge in [0.1, 0.15) is 0 Å². The molecule has 1 saturated heterocycles. The Morgan fingerprint density at radius 1 is 1.47 bits per heavy atom. The standard InChI is InChI=1S/C10H18N4O/c1-7-3-9(4-8(2)15-7)6-14-12-5-10(11)13-14/h5,7-9H,3-4,6H2,1-2H3,(H2,11,13)/t7-,8+,9?. The highest BCUT2D eigenvalue weighted by Gasteiger charge is 2.25. The lowest BCUT2D eigenvalue weighted by Gasteiger charge is -2.31. The van der Waals surface area contributed by atoms with Crippen molar-refractivity contribution in [2.45, 2.75) is 45.4 Å². The lowest BCUT2D eigenvalue weighted by Crippen LogP contribution is -2.31.